The van der Waals surface area contributed by atoms with E-state index < -0.39 is 0 Å². The second-order valence-electron chi connectivity index (χ2n) is 38.8. The molecule has 30 heteroatoms. The summed E-state index contributed by atoms with van der Waals surface area (Å²) >= 11 is 0. The van der Waals surface area contributed by atoms with Crippen molar-refractivity contribution in [2.24, 2.45) is 0 Å². The molecule has 7 aliphatic heterocycles. The van der Waals surface area contributed by atoms with Crippen LogP contribution in [0.25, 0.3) is 17.3 Å². The number of urea groups is 4. The number of β-amino-alcohol motifs (C(OH)–C–C–N with tert-alkyl or cyclic N) is 1. The average molecular weight is 1770 g/mol. The molecule has 131 heavy (non-hydrogen) atoms. The molecule has 6 aromatic carbocycles. The number of benzene rings is 6. The Hall–Kier alpha value is -12.5. The second-order valence-corrected chi connectivity index (χ2v) is 38.8. The minimum absolute atomic E-state index is 0.00479. The first kappa shape index (κ1) is 89.1. The van der Waals surface area contributed by atoms with Crippen LogP contribution in [0.1, 0.15) is 155 Å². The van der Waals surface area contributed by atoms with Crippen LogP contribution in [0.5, 0.6) is 11.5 Å². The van der Waals surface area contributed by atoms with E-state index in [1.54, 1.807) is 56.6 Å². The van der Waals surface area contributed by atoms with E-state index in [2.05, 4.69) is 259 Å². The summed E-state index contributed by atoms with van der Waals surface area (Å²) in [6, 6.07) is 56.0. The van der Waals surface area contributed by atoms with Crippen molar-refractivity contribution in [3.8, 4) is 28.8 Å². The number of aliphatic hydroxyl groups excluding tert-OH is 1. The SMILES string of the molecule is CN(C)C1(c2ccccc2)CCC2(CC1)CN(c1cccc3c1OCO3)C(=O)N2.CN(C)C1(c2ccccc2)CCC2(CC1)CN(c1cnc(-c3cccc4c3CC(=O)N4)nc1)C(=O)N2.CN(C)C1(c2ccccc2)CCC2(CC1)CN(c1cnc(N3CCCC(O)C3)nc1)C(=O)N2.Cc1cc(C)n(-c2ncc(N3CC4(CCC(c5ccccc5)(N(C)C)CC4)NC3=O)cn2)n1. The number of para-hydroxylation sites is 1. The first-order valence-corrected chi connectivity index (χ1v) is 46.2. The van der Waals surface area contributed by atoms with Gasteiger partial charge < -0.3 is 46.1 Å². The summed E-state index contributed by atoms with van der Waals surface area (Å²) in [7, 11) is 17.3. The number of aromatic nitrogens is 8. The van der Waals surface area contributed by atoms with Crippen molar-refractivity contribution >= 4 is 64.4 Å². The summed E-state index contributed by atoms with van der Waals surface area (Å²) in [5.41, 5.74) is 11.8. The monoisotopic (exact) mass is 1770 g/mol. The van der Waals surface area contributed by atoms with E-state index in [0.29, 0.717) is 79.7 Å². The second kappa shape index (κ2) is 36.0. The van der Waals surface area contributed by atoms with Gasteiger partial charge in [0.2, 0.25) is 18.6 Å². The average Bonchev–Trinajstić information content (AvgIpc) is 1.66. The Kier molecular flexibility index (Phi) is 24.5. The highest BCUT2D eigenvalue weighted by Gasteiger charge is 2.56. The smallest absolute Gasteiger partial charge is 0.322 e. The number of aliphatic hydroxyl groups is 1. The summed E-state index contributed by atoms with van der Waals surface area (Å²) < 4.78 is 12.8. The van der Waals surface area contributed by atoms with Gasteiger partial charge in [-0.3, -0.25) is 44.0 Å². The third-order valence-corrected chi connectivity index (χ3v) is 30.5. The van der Waals surface area contributed by atoms with Crippen molar-refractivity contribution in [3.63, 3.8) is 0 Å². The van der Waals surface area contributed by atoms with Crippen molar-refractivity contribution in [2.45, 2.75) is 186 Å². The lowest BCUT2D eigenvalue weighted by atomic mass is 9.69. The van der Waals surface area contributed by atoms with Gasteiger partial charge in [0.15, 0.2) is 17.3 Å². The molecule has 11 aliphatic rings. The molecule has 1 unspecified atom stereocenters. The number of amides is 9. The van der Waals surface area contributed by atoms with Crippen LogP contribution >= 0.6 is 0 Å². The van der Waals surface area contributed by atoms with Crippen LogP contribution in [-0.4, -0.2) is 225 Å². The molecule has 5 saturated heterocycles. The van der Waals surface area contributed by atoms with Gasteiger partial charge in [-0.1, -0.05) is 140 Å². The number of hydrogen-bond donors (Lipinski definition) is 6. The fraction of sp³-hybridized carbons (Fsp3) is 0.446. The number of nitrogens with zero attached hydrogens (tertiary/aromatic N) is 17. The number of hydrogen-bond acceptors (Lipinski definition) is 20. The maximum atomic E-state index is 13.1. The lowest BCUT2D eigenvalue weighted by Gasteiger charge is -2.48. The van der Waals surface area contributed by atoms with Gasteiger partial charge in [-0.05, 0) is 238 Å². The molecule has 10 aromatic rings. The molecular formula is C101H122N22O8. The standard InChI is InChI=1S/C28H30N6O2.C25H31N7O.C25H34N6O2.C23H27N3O3/c1-33(2)28(19-7-4-3-5-8-19)13-11-27(12-14-28)18-34(26(36)32-27)20-16-29-25(30-17-20)21-9-6-10-23-22(21)15-24(35)31-23;1-18-14-19(2)32(29-18)22-26-15-21(16-27-22)31-17-24(28-23(31)33)10-12-25(13-11-24,30(3)4)20-8-6-5-7-9-20;1-29(2)25(19-7-4-3-5-8-19)12-10-24(11-13-25)18-31(23(33)28-24)20-15-26-22(27-16-20)30-14-6-9-21(32)17-30;1-25(2)23(17-7-4-3-5-8-17)13-11-22(12-14-23)15-26(21(27)24-22)18-9-6-10-19-20(18)29-16-28-19/h3-10,16-17H,11-15,18H2,1-2H3,(H,31,35)(H,32,36);5-9,14-16H,10-13,17H2,1-4H3,(H,28,33);3-5,7-8,15-16,21,32H,6,9-14,17-18H2,1-2H3,(H,28,33);3-10H,11-16H2,1-2H3,(H,24,27). The topological polar surface area (TPSA) is 309 Å². The number of carbonyl (C=O) groups is 5. The number of aryl methyl sites for hydroxylation is 2. The first-order valence-electron chi connectivity index (χ1n) is 46.2. The molecule has 684 valence electrons. The van der Waals surface area contributed by atoms with Crippen molar-refractivity contribution in [1.29, 1.82) is 0 Å². The summed E-state index contributed by atoms with van der Waals surface area (Å²) in [6.45, 7) is 8.05. The Morgan fingerprint density at radius 3 is 1.18 bits per heavy atom. The van der Waals surface area contributed by atoms with Gasteiger partial charge in [0.1, 0.15) is 0 Å². The zero-order valence-electron chi connectivity index (χ0n) is 76.9. The van der Waals surface area contributed by atoms with Crippen LogP contribution in [0.15, 0.2) is 201 Å². The lowest BCUT2D eigenvalue weighted by molar-refractivity contribution is -0.115. The number of fused-ring (bicyclic) bond motifs is 2. The van der Waals surface area contributed by atoms with Gasteiger partial charge in [0, 0.05) is 52.2 Å². The molecule has 1 atom stereocenters. The van der Waals surface area contributed by atoms with E-state index >= 15 is 0 Å². The number of rotatable bonds is 15. The van der Waals surface area contributed by atoms with Crippen LogP contribution in [0.4, 0.5) is 53.6 Å². The predicted octanol–water partition coefficient (Wildman–Crippen LogP) is 14.0. The summed E-state index contributed by atoms with van der Waals surface area (Å²) in [5.74, 6) is 3.03. The Morgan fingerprint density at radius 1 is 0.420 bits per heavy atom. The molecule has 4 spiro atoms. The fourth-order valence-electron chi connectivity index (χ4n) is 22.7. The van der Waals surface area contributed by atoms with Gasteiger partial charge >= 0.3 is 24.1 Å². The number of nitrogens with one attached hydrogen (secondary N) is 5. The minimum Gasteiger partial charge on any atom is -0.454 e. The largest absolute Gasteiger partial charge is 0.454 e. The molecule has 21 rings (SSSR count). The quantitative estimate of drug-likeness (QED) is 0.0555. The normalized spacial score (nSPS) is 27.1. The predicted molar refractivity (Wildman–Crippen MR) is 506 cm³/mol. The van der Waals surface area contributed by atoms with Crippen molar-refractivity contribution in [1.82, 2.24) is 80.6 Å². The zero-order valence-corrected chi connectivity index (χ0v) is 76.9. The highest BCUT2D eigenvalue weighted by molar-refractivity contribution is 6.02. The third-order valence-electron chi connectivity index (χ3n) is 30.5. The molecule has 4 saturated carbocycles. The minimum atomic E-state index is -0.331. The summed E-state index contributed by atoms with van der Waals surface area (Å²) in [6.07, 6.45) is 27.4. The number of carbonyl (C=O) groups excluding carboxylic acids is 5. The lowest BCUT2D eigenvalue weighted by Crippen LogP contribution is -2.54. The van der Waals surface area contributed by atoms with E-state index in [1.807, 2.05) is 66.1 Å². The third kappa shape index (κ3) is 17.3. The van der Waals surface area contributed by atoms with E-state index in [4.69, 9.17) is 9.47 Å². The molecule has 30 nitrogen and oxygen atoms in total. The number of ether oxygens (including phenoxy) is 2. The van der Waals surface area contributed by atoms with E-state index in [-0.39, 0.29) is 87.2 Å². The van der Waals surface area contributed by atoms with Crippen LogP contribution in [0, 0.1) is 13.8 Å². The van der Waals surface area contributed by atoms with Gasteiger partial charge in [-0.25, -0.2) is 53.8 Å². The molecule has 4 aliphatic carbocycles. The highest BCUT2D eigenvalue weighted by Crippen LogP contribution is 2.53. The van der Waals surface area contributed by atoms with E-state index in [9.17, 15) is 29.1 Å². The molecule has 6 N–H and O–H groups in total. The Morgan fingerprint density at radius 2 is 0.794 bits per heavy atom. The summed E-state index contributed by atoms with van der Waals surface area (Å²) in [4.78, 5) is 109. The highest BCUT2D eigenvalue weighted by atomic mass is 16.7. The molecule has 0 bridgehead atoms. The Balaban J connectivity index is 0.000000118. The molecular weight excluding hydrogens is 1650 g/mol. The summed E-state index contributed by atoms with van der Waals surface area (Å²) in [5, 5.41) is 30.4. The van der Waals surface area contributed by atoms with E-state index in [0.717, 1.165) is 162 Å². The fourth-order valence-corrected chi connectivity index (χ4v) is 22.7. The van der Waals surface area contributed by atoms with Crippen molar-refractivity contribution in [3.05, 3.63) is 240 Å². The van der Waals surface area contributed by atoms with Gasteiger partial charge in [0.25, 0.3) is 5.95 Å². The Bertz CT molecular complexity index is 5760. The Labute approximate surface area is 766 Å². The van der Waals surface area contributed by atoms with Crippen molar-refractivity contribution < 1.29 is 38.6 Å². The van der Waals surface area contributed by atoms with Gasteiger partial charge in [-0.15, -0.1) is 0 Å². The zero-order chi connectivity index (χ0) is 91.2. The number of anilines is 6. The molecule has 11 heterocycles. The van der Waals surface area contributed by atoms with Crippen LogP contribution < -0.4 is 60.6 Å². The van der Waals surface area contributed by atoms with Crippen LogP contribution in [0.3, 0.4) is 0 Å². The first-order chi connectivity index (χ1) is 63.1. The maximum absolute atomic E-state index is 13.1. The van der Waals surface area contributed by atoms with Crippen LogP contribution in [0.2, 0.25) is 0 Å². The molecule has 9 amide bonds. The van der Waals surface area contributed by atoms with Gasteiger partial charge in [0.05, 0.1) is 126 Å². The molecule has 0 radical (unpaired) electrons. The van der Waals surface area contributed by atoms with Gasteiger partial charge in [-0.2, -0.15) is 5.10 Å². The molecule has 9 fully saturated rings. The van der Waals surface area contributed by atoms with Crippen LogP contribution in [-0.2, 0) is 33.4 Å². The number of piperidine rings is 1. The maximum Gasteiger partial charge on any atom is 0.322 e. The van der Waals surface area contributed by atoms with Crippen molar-refractivity contribution in [2.75, 3.05) is 132 Å². The van der Waals surface area contributed by atoms with E-state index in [1.165, 1.54) is 22.3 Å². The molecule has 4 aromatic heterocycles.